The van der Waals surface area contributed by atoms with Crippen molar-refractivity contribution in [3.05, 3.63) is 76.8 Å². The fourth-order valence-electron chi connectivity index (χ4n) is 5.13. The van der Waals surface area contributed by atoms with Crippen LogP contribution in [0.2, 0.25) is 0 Å². The van der Waals surface area contributed by atoms with Gasteiger partial charge in [0.1, 0.15) is 0 Å². The van der Waals surface area contributed by atoms with Gasteiger partial charge in [-0.05, 0) is 75.1 Å². The van der Waals surface area contributed by atoms with E-state index in [9.17, 15) is 0 Å². The summed E-state index contributed by atoms with van der Waals surface area (Å²) in [5.41, 5.74) is 8.12. The summed E-state index contributed by atoms with van der Waals surface area (Å²) in [6.07, 6.45) is 6.63. The van der Waals surface area contributed by atoms with Gasteiger partial charge in [0.25, 0.3) is 0 Å². The molecule has 0 unspecified atom stereocenters. The van der Waals surface area contributed by atoms with Gasteiger partial charge in [-0.2, -0.15) is 0 Å². The Bertz CT molecular complexity index is 906. The van der Waals surface area contributed by atoms with Crippen molar-refractivity contribution in [2.45, 2.75) is 50.9 Å². The van der Waals surface area contributed by atoms with E-state index in [2.05, 4.69) is 78.5 Å². The van der Waals surface area contributed by atoms with Gasteiger partial charge in [-0.3, -0.25) is 9.88 Å². The molecule has 0 saturated carbocycles. The molecule has 0 saturated heterocycles. The van der Waals surface area contributed by atoms with Crippen molar-refractivity contribution < 1.29 is 0 Å². The number of aromatic nitrogens is 1. The minimum atomic E-state index is 0.430. The highest BCUT2D eigenvalue weighted by atomic mass is 15.2. The lowest BCUT2D eigenvalue weighted by atomic mass is 9.89. The summed E-state index contributed by atoms with van der Waals surface area (Å²) in [4.78, 5) is 9.41. The summed E-state index contributed by atoms with van der Waals surface area (Å²) in [5.74, 6) is 0. The third-order valence-electron chi connectivity index (χ3n) is 6.64. The average molecular weight is 420 g/mol. The fraction of sp³-hybridized carbons (Fsp3) is 0.500. The largest absolute Gasteiger partial charge is 0.384 e. The zero-order valence-electron chi connectivity index (χ0n) is 19.3. The zero-order chi connectivity index (χ0) is 21.8. The molecule has 0 spiro atoms. The van der Waals surface area contributed by atoms with Gasteiger partial charge in [0, 0.05) is 44.1 Å². The van der Waals surface area contributed by atoms with Gasteiger partial charge in [-0.25, -0.2) is 0 Å². The van der Waals surface area contributed by atoms with Crippen LogP contribution in [0.4, 0.5) is 0 Å². The first kappa shape index (κ1) is 22.0. The number of likely N-dealkylation sites (N-methyl/N-ethyl adjacent to an activating group) is 2. The van der Waals surface area contributed by atoms with Gasteiger partial charge in [0.05, 0.1) is 11.7 Å². The molecule has 0 bridgehead atoms. The molecule has 0 fully saturated rings. The van der Waals surface area contributed by atoms with Gasteiger partial charge in [0.15, 0.2) is 0 Å². The first-order valence-corrected chi connectivity index (χ1v) is 11.5. The third-order valence-corrected chi connectivity index (χ3v) is 6.64. The van der Waals surface area contributed by atoms with Crippen LogP contribution in [0.3, 0.4) is 0 Å². The molecule has 2 atom stereocenters. The Morgan fingerprint density at radius 2 is 2.03 bits per heavy atom. The van der Waals surface area contributed by atoms with Crippen molar-refractivity contribution in [1.29, 1.82) is 0 Å². The summed E-state index contributed by atoms with van der Waals surface area (Å²) in [5, 5.41) is 7.30. The Kier molecular flexibility index (Phi) is 7.06. The van der Waals surface area contributed by atoms with Crippen LogP contribution in [0, 0.1) is 0 Å². The quantitative estimate of drug-likeness (QED) is 0.688. The lowest BCUT2D eigenvalue weighted by molar-refractivity contribution is 0.190. The van der Waals surface area contributed by atoms with E-state index in [1.807, 2.05) is 6.20 Å². The first-order valence-electron chi connectivity index (χ1n) is 11.5. The molecule has 1 aromatic carbocycles. The Hall–Kier alpha value is -2.21. The van der Waals surface area contributed by atoms with Crippen molar-refractivity contribution in [3.8, 4) is 0 Å². The number of nitrogens with zero attached hydrogens (tertiary/aromatic N) is 3. The van der Waals surface area contributed by atoms with Crippen LogP contribution in [0.1, 0.15) is 46.8 Å². The minimum absolute atomic E-state index is 0.430. The molecule has 5 heteroatoms. The van der Waals surface area contributed by atoms with E-state index >= 15 is 0 Å². The van der Waals surface area contributed by atoms with Crippen molar-refractivity contribution >= 4 is 0 Å². The molecular formula is C26H37N5. The summed E-state index contributed by atoms with van der Waals surface area (Å²) in [6.45, 7) is 7.86. The number of hydrogen-bond donors (Lipinski definition) is 2. The van der Waals surface area contributed by atoms with Crippen LogP contribution >= 0.6 is 0 Å². The second-order valence-electron chi connectivity index (χ2n) is 9.43. The molecule has 2 heterocycles. The molecule has 1 aliphatic heterocycles. The lowest BCUT2D eigenvalue weighted by Crippen LogP contribution is -2.45. The highest BCUT2D eigenvalue weighted by Gasteiger charge is 2.28. The number of rotatable bonds is 8. The second-order valence-corrected chi connectivity index (χ2v) is 9.43. The molecule has 166 valence electrons. The number of benzene rings is 1. The van der Waals surface area contributed by atoms with Gasteiger partial charge < -0.3 is 15.5 Å². The molecule has 2 N–H and O–H groups in total. The summed E-state index contributed by atoms with van der Waals surface area (Å²) in [7, 11) is 6.42. The maximum atomic E-state index is 4.74. The third kappa shape index (κ3) is 5.35. The fourth-order valence-corrected chi connectivity index (χ4v) is 5.13. The Labute approximate surface area is 187 Å². The van der Waals surface area contributed by atoms with Crippen LogP contribution in [0.25, 0.3) is 0 Å². The number of aryl methyl sites for hydroxylation is 1. The topological polar surface area (TPSA) is 43.4 Å². The summed E-state index contributed by atoms with van der Waals surface area (Å²) >= 11 is 0. The Morgan fingerprint density at radius 1 is 1.19 bits per heavy atom. The zero-order valence-corrected chi connectivity index (χ0v) is 19.3. The van der Waals surface area contributed by atoms with Crippen molar-refractivity contribution in [1.82, 2.24) is 25.4 Å². The predicted octanol–water partition coefficient (Wildman–Crippen LogP) is 3.27. The van der Waals surface area contributed by atoms with E-state index in [1.54, 1.807) is 0 Å². The number of hydrogen-bond acceptors (Lipinski definition) is 5. The first-order chi connectivity index (χ1) is 15.0. The van der Waals surface area contributed by atoms with Crippen LogP contribution in [-0.2, 0) is 25.9 Å². The second kappa shape index (κ2) is 9.94. The van der Waals surface area contributed by atoms with Crippen LogP contribution in [0.15, 0.2) is 48.8 Å². The van der Waals surface area contributed by atoms with E-state index < -0.39 is 0 Å². The molecule has 5 nitrogen and oxygen atoms in total. The van der Waals surface area contributed by atoms with Gasteiger partial charge in [-0.1, -0.05) is 30.8 Å². The number of fused-ring (bicyclic) bond motifs is 2. The molecule has 31 heavy (non-hydrogen) atoms. The molecule has 4 rings (SSSR count). The Morgan fingerprint density at radius 3 is 2.87 bits per heavy atom. The van der Waals surface area contributed by atoms with Crippen molar-refractivity contribution in [2.75, 3.05) is 34.2 Å². The van der Waals surface area contributed by atoms with Crippen LogP contribution < -0.4 is 10.6 Å². The van der Waals surface area contributed by atoms with E-state index in [0.29, 0.717) is 12.1 Å². The van der Waals surface area contributed by atoms with E-state index in [1.165, 1.54) is 40.8 Å². The lowest BCUT2D eigenvalue weighted by Gasteiger charge is -2.36. The Balaban J connectivity index is 1.41. The predicted molar refractivity (Wildman–Crippen MR) is 128 cm³/mol. The molecule has 1 aliphatic carbocycles. The smallest absolute Gasteiger partial charge is 0.0607 e. The molecule has 1 aromatic heterocycles. The maximum absolute atomic E-state index is 4.74. The van der Waals surface area contributed by atoms with Crippen molar-refractivity contribution in [3.63, 3.8) is 0 Å². The van der Waals surface area contributed by atoms with Crippen LogP contribution in [0.5, 0.6) is 0 Å². The molecular weight excluding hydrogens is 382 g/mol. The summed E-state index contributed by atoms with van der Waals surface area (Å²) < 4.78 is 0. The SMILES string of the molecule is C=C(CN(C)C)NCc1cccc2c1C[C@H](CN(C)[C@H]1CCCc3cccnc31)NC2. The number of nitrogens with one attached hydrogen (secondary N) is 2. The van der Waals surface area contributed by atoms with E-state index in [-0.39, 0.29) is 0 Å². The average Bonchev–Trinajstić information content (AvgIpc) is 2.76. The maximum Gasteiger partial charge on any atom is 0.0607 e. The molecule has 0 radical (unpaired) electrons. The van der Waals surface area contributed by atoms with E-state index in [0.717, 1.165) is 44.7 Å². The molecule has 2 aliphatic rings. The summed E-state index contributed by atoms with van der Waals surface area (Å²) in [6, 6.07) is 11.9. The van der Waals surface area contributed by atoms with Gasteiger partial charge in [0.2, 0.25) is 0 Å². The van der Waals surface area contributed by atoms with Crippen molar-refractivity contribution in [2.24, 2.45) is 0 Å². The minimum Gasteiger partial charge on any atom is -0.384 e. The molecule has 0 amide bonds. The normalized spacial score (nSPS) is 20.4. The number of pyridine rings is 1. The van der Waals surface area contributed by atoms with Gasteiger partial charge >= 0.3 is 0 Å². The van der Waals surface area contributed by atoms with Gasteiger partial charge in [-0.15, -0.1) is 0 Å². The molecule has 2 aromatic rings. The van der Waals surface area contributed by atoms with Crippen LogP contribution in [-0.4, -0.2) is 55.1 Å². The van der Waals surface area contributed by atoms with E-state index in [4.69, 9.17) is 4.98 Å². The standard InChI is InChI=1S/C26H37N5/c1-19(17-30(2)3)28-15-21-9-5-10-22-16-29-23(14-24(21)22)18-31(4)25-12-6-8-20-11-7-13-27-26(20)25/h5,7,9-11,13,23,25,28-29H,1,6,8,12,14-18H2,2-4H3/t23-,25+/m1/s1. The monoisotopic (exact) mass is 419 g/mol. The highest BCUT2D eigenvalue weighted by Crippen LogP contribution is 2.32. The highest BCUT2D eigenvalue weighted by molar-refractivity contribution is 5.38.